The van der Waals surface area contributed by atoms with Gasteiger partial charge < -0.3 is 9.73 Å². The Morgan fingerprint density at radius 2 is 1.65 bits per heavy atom. The molecule has 8 heteroatoms. The minimum atomic E-state index is -0.372. The first-order valence-electron chi connectivity index (χ1n) is 13.1. The number of amides is 2. The number of hydrogen-bond acceptors (Lipinski definition) is 5. The van der Waals surface area contributed by atoms with Crippen molar-refractivity contribution in [3.63, 3.8) is 0 Å². The lowest BCUT2D eigenvalue weighted by atomic mass is 9.95. The van der Waals surface area contributed by atoms with Crippen LogP contribution in [0.2, 0.25) is 0 Å². The minimum absolute atomic E-state index is 0.0854. The predicted octanol–water partition coefficient (Wildman–Crippen LogP) is 6.48. The van der Waals surface area contributed by atoms with Crippen molar-refractivity contribution in [2.24, 2.45) is 0 Å². The molecule has 1 N–H and O–H groups in total. The van der Waals surface area contributed by atoms with Gasteiger partial charge in [0.1, 0.15) is 17.2 Å². The summed E-state index contributed by atoms with van der Waals surface area (Å²) in [5.74, 6) is -0.0627. The molecule has 0 unspecified atom stereocenters. The van der Waals surface area contributed by atoms with Gasteiger partial charge in [-0.2, -0.15) is 0 Å². The zero-order valence-corrected chi connectivity index (χ0v) is 22.4. The molecule has 0 aliphatic heterocycles. The number of fused-ring (bicyclic) bond motifs is 1. The van der Waals surface area contributed by atoms with Gasteiger partial charge in [-0.15, -0.1) is 0 Å². The molecule has 2 amide bonds. The number of rotatable bonds is 6. The summed E-state index contributed by atoms with van der Waals surface area (Å²) in [5.41, 5.74) is 5.63. The van der Waals surface area contributed by atoms with Crippen molar-refractivity contribution in [3.05, 3.63) is 101 Å². The van der Waals surface area contributed by atoms with E-state index in [9.17, 15) is 14.0 Å². The fraction of sp³-hybridized carbons (Fsp3) is 0.188. The Hall–Kier alpha value is -4.85. The van der Waals surface area contributed by atoms with Crippen molar-refractivity contribution in [3.8, 4) is 22.5 Å². The third-order valence-electron chi connectivity index (χ3n) is 7.16. The van der Waals surface area contributed by atoms with E-state index in [2.05, 4.69) is 15.3 Å². The molecule has 0 bridgehead atoms. The lowest BCUT2D eigenvalue weighted by Crippen LogP contribution is -2.34. The van der Waals surface area contributed by atoms with Gasteiger partial charge in [-0.25, -0.2) is 14.4 Å². The fourth-order valence-electron chi connectivity index (χ4n) is 4.89. The lowest BCUT2D eigenvalue weighted by Gasteiger charge is -2.21. The lowest BCUT2D eigenvalue weighted by molar-refractivity contribution is 0.0961. The van der Waals surface area contributed by atoms with E-state index in [0.29, 0.717) is 39.4 Å². The largest absolute Gasteiger partial charge is 0.455 e. The van der Waals surface area contributed by atoms with Crippen molar-refractivity contribution < 1.29 is 18.4 Å². The van der Waals surface area contributed by atoms with Gasteiger partial charge in [0.2, 0.25) is 5.95 Å². The number of halogens is 1. The number of furan rings is 1. The minimum Gasteiger partial charge on any atom is -0.455 e. The molecule has 7 nitrogen and oxygen atoms in total. The van der Waals surface area contributed by atoms with E-state index in [0.717, 1.165) is 35.1 Å². The third-order valence-corrected chi connectivity index (χ3v) is 7.16. The summed E-state index contributed by atoms with van der Waals surface area (Å²) in [6.45, 7) is 3.89. The highest BCUT2D eigenvalue weighted by Gasteiger charge is 2.36. The number of anilines is 1. The number of aromatic nitrogens is 2. The second-order valence-corrected chi connectivity index (χ2v) is 10.1. The molecule has 0 atom stereocenters. The highest BCUT2D eigenvalue weighted by Crippen LogP contribution is 2.37. The number of aryl methyl sites for hydroxylation is 2. The van der Waals surface area contributed by atoms with Crippen molar-refractivity contribution in [2.45, 2.75) is 32.7 Å². The zero-order valence-electron chi connectivity index (χ0n) is 22.4. The molecular weight excluding hydrogens is 507 g/mol. The number of carbonyl (C=O) groups excluding carboxylic acids is 2. The van der Waals surface area contributed by atoms with Crippen molar-refractivity contribution in [2.75, 3.05) is 11.9 Å². The molecule has 1 aliphatic rings. The number of nitrogens with one attached hydrogen (secondary N) is 1. The maximum Gasteiger partial charge on any atom is 0.260 e. The molecule has 6 rings (SSSR count). The van der Waals surface area contributed by atoms with E-state index >= 15 is 0 Å². The highest BCUT2D eigenvalue weighted by atomic mass is 19.1. The standard InChI is InChI=1S/C32H27FN4O3/c1-18-16-35-32(36-17-18)37(24-11-12-24)31(39)22-5-4-19(2)25(15-22)21-8-13-27-26(14-21)28(30(38)34-3)29(40-27)20-6-9-23(33)10-7-20/h4-10,13-17,24H,11-12H2,1-3H3,(H,34,38). The number of nitrogens with zero attached hydrogens (tertiary/aromatic N) is 3. The van der Waals surface area contributed by atoms with Gasteiger partial charge in [-0.3, -0.25) is 14.5 Å². The first kappa shape index (κ1) is 25.4. The molecule has 0 spiro atoms. The van der Waals surface area contributed by atoms with E-state index in [4.69, 9.17) is 4.42 Å². The van der Waals surface area contributed by atoms with E-state index in [1.165, 1.54) is 12.1 Å². The molecule has 3 aromatic carbocycles. The summed E-state index contributed by atoms with van der Waals surface area (Å²) in [5, 5.41) is 3.31. The molecule has 200 valence electrons. The Kier molecular flexibility index (Phi) is 6.38. The molecule has 1 aliphatic carbocycles. The maximum absolute atomic E-state index is 13.7. The van der Waals surface area contributed by atoms with E-state index < -0.39 is 0 Å². The van der Waals surface area contributed by atoms with Crippen LogP contribution in [0.1, 0.15) is 44.7 Å². The van der Waals surface area contributed by atoms with Gasteiger partial charge in [0.25, 0.3) is 11.8 Å². The van der Waals surface area contributed by atoms with Gasteiger partial charge in [0, 0.05) is 42.0 Å². The average molecular weight is 535 g/mol. The second kappa shape index (κ2) is 10.0. The molecule has 40 heavy (non-hydrogen) atoms. The van der Waals surface area contributed by atoms with Crippen LogP contribution in [0.4, 0.5) is 10.3 Å². The summed E-state index contributed by atoms with van der Waals surface area (Å²) in [7, 11) is 1.56. The molecule has 1 saturated carbocycles. The Balaban J connectivity index is 1.43. The third kappa shape index (κ3) is 4.62. The van der Waals surface area contributed by atoms with Crippen LogP contribution >= 0.6 is 0 Å². The van der Waals surface area contributed by atoms with E-state index in [1.807, 2.05) is 50.2 Å². The molecule has 0 radical (unpaired) electrons. The van der Waals surface area contributed by atoms with Crippen LogP contribution < -0.4 is 10.2 Å². The molecule has 1 fully saturated rings. The van der Waals surface area contributed by atoms with E-state index in [1.54, 1.807) is 36.5 Å². The topological polar surface area (TPSA) is 88.3 Å². The van der Waals surface area contributed by atoms with Crippen molar-refractivity contribution in [1.29, 1.82) is 0 Å². The Morgan fingerprint density at radius 3 is 2.33 bits per heavy atom. The van der Waals surface area contributed by atoms with Crippen LogP contribution in [-0.4, -0.2) is 34.9 Å². The molecule has 0 saturated heterocycles. The number of hydrogen-bond donors (Lipinski definition) is 1. The number of carbonyl (C=O) groups is 2. The van der Waals surface area contributed by atoms with Crippen LogP contribution in [-0.2, 0) is 0 Å². The highest BCUT2D eigenvalue weighted by molar-refractivity contribution is 6.12. The van der Waals surface area contributed by atoms with Gasteiger partial charge in [-0.1, -0.05) is 12.1 Å². The van der Waals surface area contributed by atoms with Crippen molar-refractivity contribution in [1.82, 2.24) is 15.3 Å². The normalized spacial score (nSPS) is 12.9. The van der Waals surface area contributed by atoms with Crippen LogP contribution in [0.25, 0.3) is 33.4 Å². The maximum atomic E-state index is 13.7. The van der Waals surface area contributed by atoms with Gasteiger partial charge in [-0.05, 0) is 97.5 Å². The van der Waals surface area contributed by atoms with Crippen LogP contribution in [0, 0.1) is 19.7 Å². The predicted molar refractivity (Wildman–Crippen MR) is 152 cm³/mol. The van der Waals surface area contributed by atoms with Gasteiger partial charge >= 0.3 is 0 Å². The monoisotopic (exact) mass is 534 g/mol. The average Bonchev–Trinajstić information content (AvgIpc) is 3.73. The summed E-state index contributed by atoms with van der Waals surface area (Å²) in [6, 6.07) is 17.2. The van der Waals surface area contributed by atoms with Crippen LogP contribution in [0.3, 0.4) is 0 Å². The van der Waals surface area contributed by atoms with Crippen molar-refractivity contribution >= 4 is 28.7 Å². The zero-order chi connectivity index (χ0) is 28.0. The smallest absolute Gasteiger partial charge is 0.260 e. The first-order chi connectivity index (χ1) is 19.3. The SMILES string of the molecule is CNC(=O)c1c(-c2ccc(F)cc2)oc2ccc(-c3cc(C(=O)N(c4ncc(C)cn4)C4CC4)ccc3C)cc12. The van der Waals surface area contributed by atoms with Crippen LogP contribution in [0.5, 0.6) is 0 Å². The second-order valence-electron chi connectivity index (χ2n) is 10.1. The molecule has 2 aromatic heterocycles. The van der Waals surface area contributed by atoms with Crippen LogP contribution in [0.15, 0.2) is 77.5 Å². The Labute approximate surface area is 230 Å². The Morgan fingerprint density at radius 1 is 0.950 bits per heavy atom. The number of benzene rings is 3. The molecule has 5 aromatic rings. The van der Waals surface area contributed by atoms with E-state index in [-0.39, 0.29) is 23.7 Å². The summed E-state index contributed by atoms with van der Waals surface area (Å²) in [6.07, 6.45) is 5.26. The van der Waals surface area contributed by atoms with Gasteiger partial charge in [0.05, 0.1) is 5.56 Å². The fourth-order valence-corrected chi connectivity index (χ4v) is 4.89. The Bertz CT molecular complexity index is 1760. The quantitative estimate of drug-likeness (QED) is 0.269. The first-order valence-corrected chi connectivity index (χ1v) is 13.1. The summed E-state index contributed by atoms with van der Waals surface area (Å²) >= 11 is 0. The molecular formula is C32H27FN4O3. The van der Waals surface area contributed by atoms with Gasteiger partial charge in [0.15, 0.2) is 0 Å². The molecule has 2 heterocycles. The summed E-state index contributed by atoms with van der Waals surface area (Å²) in [4.78, 5) is 37.2. The summed E-state index contributed by atoms with van der Waals surface area (Å²) < 4.78 is 19.7.